The van der Waals surface area contributed by atoms with Gasteiger partial charge < -0.3 is 4.74 Å². The summed E-state index contributed by atoms with van der Waals surface area (Å²) in [6.07, 6.45) is 0.516. The SMILES string of the molecule is N#CCCN(CCN1CCOCC1)Cc1cc2ccccc2nc1Cl. The molecule has 2 aromatic rings. The number of halogens is 1. The van der Waals surface area contributed by atoms with Crippen LogP contribution in [0.15, 0.2) is 30.3 Å². The minimum Gasteiger partial charge on any atom is -0.379 e. The summed E-state index contributed by atoms with van der Waals surface area (Å²) >= 11 is 6.40. The summed E-state index contributed by atoms with van der Waals surface area (Å²) in [4.78, 5) is 9.20. The molecule has 1 aromatic carbocycles. The van der Waals surface area contributed by atoms with Crippen molar-refractivity contribution in [3.05, 3.63) is 41.0 Å². The number of para-hydroxylation sites is 1. The fourth-order valence-electron chi connectivity index (χ4n) is 3.07. The van der Waals surface area contributed by atoms with Crippen molar-refractivity contribution >= 4 is 22.5 Å². The van der Waals surface area contributed by atoms with E-state index in [4.69, 9.17) is 21.6 Å². The normalized spacial score (nSPS) is 15.6. The molecule has 132 valence electrons. The minimum absolute atomic E-state index is 0.516. The summed E-state index contributed by atoms with van der Waals surface area (Å²) in [5, 5.41) is 10.6. The quantitative estimate of drug-likeness (QED) is 0.712. The van der Waals surface area contributed by atoms with Crippen LogP contribution in [-0.4, -0.2) is 60.7 Å². The first-order chi connectivity index (χ1) is 12.3. The Labute approximate surface area is 153 Å². The number of ether oxygens (including phenoxy) is 1. The summed E-state index contributed by atoms with van der Waals surface area (Å²) in [5.41, 5.74) is 1.92. The lowest BCUT2D eigenvalue weighted by Crippen LogP contribution is -2.41. The molecular formula is C19H23ClN4O. The van der Waals surface area contributed by atoms with Crippen LogP contribution < -0.4 is 0 Å². The lowest BCUT2D eigenvalue weighted by atomic mass is 10.1. The Morgan fingerprint density at radius 3 is 2.84 bits per heavy atom. The monoisotopic (exact) mass is 358 g/mol. The molecule has 1 fully saturated rings. The first-order valence-electron chi connectivity index (χ1n) is 8.70. The van der Waals surface area contributed by atoms with Crippen molar-refractivity contribution < 1.29 is 4.74 Å². The zero-order chi connectivity index (χ0) is 17.5. The van der Waals surface area contributed by atoms with Crippen molar-refractivity contribution in [3.8, 4) is 6.07 Å². The molecule has 0 unspecified atom stereocenters. The molecular weight excluding hydrogens is 336 g/mol. The summed E-state index contributed by atoms with van der Waals surface area (Å²) in [6.45, 7) is 6.90. The number of nitriles is 1. The second-order valence-electron chi connectivity index (χ2n) is 6.27. The van der Waals surface area contributed by atoms with Crippen LogP contribution in [0, 0.1) is 11.3 Å². The van der Waals surface area contributed by atoms with Crippen LogP contribution in [0.25, 0.3) is 10.9 Å². The molecule has 2 heterocycles. The van der Waals surface area contributed by atoms with Crippen LogP contribution in [0.2, 0.25) is 5.15 Å². The number of hydrogen-bond acceptors (Lipinski definition) is 5. The average molecular weight is 359 g/mol. The Kier molecular flexibility index (Phi) is 6.60. The van der Waals surface area contributed by atoms with Gasteiger partial charge in [0.15, 0.2) is 0 Å². The molecule has 0 bridgehead atoms. The van der Waals surface area contributed by atoms with Gasteiger partial charge in [0.2, 0.25) is 0 Å². The van der Waals surface area contributed by atoms with Crippen LogP contribution in [0.3, 0.4) is 0 Å². The Balaban J connectivity index is 1.68. The van der Waals surface area contributed by atoms with Gasteiger partial charge in [0.1, 0.15) is 5.15 Å². The topological polar surface area (TPSA) is 52.4 Å². The van der Waals surface area contributed by atoms with E-state index < -0.39 is 0 Å². The van der Waals surface area contributed by atoms with Gasteiger partial charge in [0.25, 0.3) is 0 Å². The maximum atomic E-state index is 8.95. The van der Waals surface area contributed by atoms with E-state index in [-0.39, 0.29) is 0 Å². The molecule has 6 heteroatoms. The summed E-state index contributed by atoms with van der Waals surface area (Å²) in [5.74, 6) is 0. The lowest BCUT2D eigenvalue weighted by Gasteiger charge is -2.30. The molecule has 3 rings (SSSR count). The van der Waals surface area contributed by atoms with Gasteiger partial charge in [-0.1, -0.05) is 29.8 Å². The van der Waals surface area contributed by atoms with Gasteiger partial charge >= 0.3 is 0 Å². The van der Waals surface area contributed by atoms with Gasteiger partial charge in [0, 0.05) is 56.6 Å². The van der Waals surface area contributed by atoms with Crippen molar-refractivity contribution in [2.75, 3.05) is 45.9 Å². The standard InChI is InChI=1S/C19H23ClN4O/c20-19-17(14-16-4-1-2-5-18(16)22-19)15-24(7-3-6-21)9-8-23-10-12-25-13-11-23/h1-2,4-5,14H,3,7-13,15H2. The molecule has 1 aliphatic rings. The molecule has 0 radical (unpaired) electrons. The molecule has 0 N–H and O–H groups in total. The number of aromatic nitrogens is 1. The molecule has 1 aromatic heterocycles. The molecule has 0 atom stereocenters. The van der Waals surface area contributed by atoms with Crippen molar-refractivity contribution in [3.63, 3.8) is 0 Å². The third-order valence-corrected chi connectivity index (χ3v) is 4.85. The average Bonchev–Trinajstić information content (AvgIpc) is 2.65. The smallest absolute Gasteiger partial charge is 0.134 e. The van der Waals surface area contributed by atoms with E-state index in [1.54, 1.807) is 0 Å². The molecule has 1 saturated heterocycles. The molecule has 0 saturated carbocycles. The Morgan fingerprint density at radius 1 is 1.24 bits per heavy atom. The highest BCUT2D eigenvalue weighted by Crippen LogP contribution is 2.22. The van der Waals surface area contributed by atoms with E-state index in [9.17, 15) is 0 Å². The summed E-state index contributed by atoms with van der Waals surface area (Å²) in [7, 11) is 0. The number of nitrogens with zero attached hydrogens (tertiary/aromatic N) is 4. The van der Waals surface area contributed by atoms with Crippen molar-refractivity contribution in [2.45, 2.75) is 13.0 Å². The predicted octanol–water partition coefficient (Wildman–Crippen LogP) is 2.94. The molecule has 0 spiro atoms. The minimum atomic E-state index is 0.516. The predicted molar refractivity (Wildman–Crippen MR) is 99.5 cm³/mol. The fourth-order valence-corrected chi connectivity index (χ4v) is 3.28. The van der Waals surface area contributed by atoms with Gasteiger partial charge in [-0.3, -0.25) is 9.80 Å². The number of fused-ring (bicyclic) bond motifs is 1. The van der Waals surface area contributed by atoms with Crippen LogP contribution in [0.4, 0.5) is 0 Å². The van der Waals surface area contributed by atoms with Crippen LogP contribution in [0.1, 0.15) is 12.0 Å². The largest absolute Gasteiger partial charge is 0.379 e. The van der Waals surface area contributed by atoms with Gasteiger partial charge in [-0.25, -0.2) is 4.98 Å². The maximum Gasteiger partial charge on any atom is 0.134 e. The number of rotatable bonds is 7. The van der Waals surface area contributed by atoms with E-state index in [1.807, 2.05) is 18.2 Å². The number of hydrogen-bond donors (Lipinski definition) is 0. The van der Waals surface area contributed by atoms with Crippen LogP contribution >= 0.6 is 11.6 Å². The highest BCUT2D eigenvalue weighted by Gasteiger charge is 2.14. The van der Waals surface area contributed by atoms with Crippen molar-refractivity contribution in [1.29, 1.82) is 5.26 Å². The number of benzene rings is 1. The van der Waals surface area contributed by atoms with E-state index in [0.717, 1.165) is 62.4 Å². The Bertz CT molecular complexity index is 740. The second kappa shape index (κ2) is 9.12. The maximum absolute atomic E-state index is 8.95. The van der Waals surface area contributed by atoms with Crippen molar-refractivity contribution in [1.82, 2.24) is 14.8 Å². The van der Waals surface area contributed by atoms with Crippen molar-refractivity contribution in [2.24, 2.45) is 0 Å². The lowest BCUT2D eigenvalue weighted by molar-refractivity contribution is 0.0330. The van der Waals surface area contributed by atoms with E-state index in [1.165, 1.54) is 0 Å². The first kappa shape index (κ1) is 18.1. The van der Waals surface area contributed by atoms with Gasteiger partial charge in [0.05, 0.1) is 24.8 Å². The number of morpholine rings is 1. The molecule has 1 aliphatic heterocycles. The van der Waals surface area contributed by atoms with E-state index >= 15 is 0 Å². The van der Waals surface area contributed by atoms with E-state index in [0.29, 0.717) is 18.1 Å². The Hall–Kier alpha value is -1.71. The molecule has 25 heavy (non-hydrogen) atoms. The molecule has 5 nitrogen and oxygen atoms in total. The van der Waals surface area contributed by atoms with E-state index in [2.05, 4.69) is 33.0 Å². The third-order valence-electron chi connectivity index (χ3n) is 4.52. The fraction of sp³-hybridized carbons (Fsp3) is 0.474. The summed E-state index contributed by atoms with van der Waals surface area (Å²) < 4.78 is 5.40. The molecule has 0 aliphatic carbocycles. The second-order valence-corrected chi connectivity index (χ2v) is 6.63. The first-order valence-corrected chi connectivity index (χ1v) is 9.07. The van der Waals surface area contributed by atoms with Crippen LogP contribution in [0.5, 0.6) is 0 Å². The van der Waals surface area contributed by atoms with Crippen LogP contribution in [-0.2, 0) is 11.3 Å². The third kappa shape index (κ3) is 5.13. The summed E-state index contributed by atoms with van der Waals surface area (Å²) in [6, 6.07) is 12.3. The zero-order valence-electron chi connectivity index (χ0n) is 14.3. The number of pyridine rings is 1. The van der Waals surface area contributed by atoms with Gasteiger partial charge in [-0.05, 0) is 12.1 Å². The highest BCUT2D eigenvalue weighted by molar-refractivity contribution is 6.30. The zero-order valence-corrected chi connectivity index (χ0v) is 15.1. The molecule has 0 amide bonds. The highest BCUT2D eigenvalue weighted by atomic mass is 35.5. The van der Waals surface area contributed by atoms with Gasteiger partial charge in [-0.2, -0.15) is 5.26 Å². The van der Waals surface area contributed by atoms with Gasteiger partial charge in [-0.15, -0.1) is 0 Å². The Morgan fingerprint density at radius 2 is 2.04 bits per heavy atom.